The van der Waals surface area contributed by atoms with Gasteiger partial charge in [0, 0.05) is 22.5 Å². The lowest BCUT2D eigenvalue weighted by atomic mass is 9.68. The minimum atomic E-state index is 0.0398. The molecule has 1 aromatic carbocycles. The van der Waals surface area contributed by atoms with E-state index in [2.05, 4.69) is 19.9 Å². The molecule has 1 aliphatic carbocycles. The normalized spacial score (nSPS) is 18.3. The highest BCUT2D eigenvalue weighted by molar-refractivity contribution is 6.30. The summed E-state index contributed by atoms with van der Waals surface area (Å²) in [4.78, 5) is 0. The van der Waals surface area contributed by atoms with Gasteiger partial charge in [-0.1, -0.05) is 44.7 Å². The molecule has 1 fully saturated rings. The van der Waals surface area contributed by atoms with Crippen LogP contribution >= 0.6 is 11.6 Å². The number of hydrogen-bond acceptors (Lipinski definition) is 2. The maximum atomic E-state index is 6.36. The van der Waals surface area contributed by atoms with Crippen LogP contribution in [0.4, 0.5) is 0 Å². The van der Waals surface area contributed by atoms with E-state index >= 15 is 0 Å². The van der Waals surface area contributed by atoms with Gasteiger partial charge in [0.15, 0.2) is 0 Å². The summed E-state index contributed by atoms with van der Waals surface area (Å²) in [5.41, 5.74) is 8.62. The molecule has 0 unspecified atom stereocenters. The molecule has 0 amide bonds. The highest BCUT2D eigenvalue weighted by atomic mass is 35.5. The van der Waals surface area contributed by atoms with Crippen LogP contribution in [0.25, 0.3) is 0 Å². The van der Waals surface area contributed by atoms with Crippen LogP contribution in [-0.2, 0) is 5.41 Å². The molecule has 0 bridgehead atoms. The van der Waals surface area contributed by atoms with E-state index < -0.39 is 0 Å². The van der Waals surface area contributed by atoms with E-state index in [1.165, 1.54) is 30.4 Å². The molecule has 0 heterocycles. The molecule has 0 aromatic heterocycles. The first-order chi connectivity index (χ1) is 9.54. The van der Waals surface area contributed by atoms with Crippen molar-refractivity contribution in [2.75, 3.05) is 13.7 Å². The lowest BCUT2D eigenvalue weighted by Crippen LogP contribution is -2.37. The number of ether oxygens (including phenoxy) is 1. The van der Waals surface area contributed by atoms with Gasteiger partial charge in [-0.15, -0.1) is 0 Å². The Kier molecular flexibility index (Phi) is 4.98. The van der Waals surface area contributed by atoms with Crippen LogP contribution in [0.5, 0.6) is 5.75 Å². The largest absolute Gasteiger partial charge is 0.496 e. The Bertz CT molecular complexity index is 464. The quantitative estimate of drug-likeness (QED) is 0.879. The second-order valence-electron chi connectivity index (χ2n) is 6.28. The van der Waals surface area contributed by atoms with Crippen molar-refractivity contribution >= 4 is 11.6 Å². The minimum Gasteiger partial charge on any atom is -0.496 e. The average molecular weight is 296 g/mol. The summed E-state index contributed by atoms with van der Waals surface area (Å²) >= 11 is 6.36. The molecule has 20 heavy (non-hydrogen) atoms. The topological polar surface area (TPSA) is 35.2 Å². The Balaban J connectivity index is 2.59. The maximum Gasteiger partial charge on any atom is 0.126 e. The molecule has 0 saturated heterocycles. The molecule has 1 aliphatic rings. The second-order valence-corrected chi connectivity index (χ2v) is 6.71. The van der Waals surface area contributed by atoms with Crippen molar-refractivity contribution in [3.05, 3.63) is 28.3 Å². The molecule has 0 radical (unpaired) electrons. The fourth-order valence-electron chi connectivity index (χ4n) is 3.48. The van der Waals surface area contributed by atoms with Crippen LogP contribution in [0.2, 0.25) is 5.02 Å². The lowest BCUT2D eigenvalue weighted by molar-refractivity contribution is 0.286. The summed E-state index contributed by atoms with van der Waals surface area (Å²) in [6.07, 6.45) is 6.06. The monoisotopic (exact) mass is 295 g/mol. The van der Waals surface area contributed by atoms with Gasteiger partial charge in [-0.2, -0.15) is 0 Å². The maximum absolute atomic E-state index is 6.36. The number of methoxy groups -OCH3 is 1. The first-order valence-corrected chi connectivity index (χ1v) is 8.00. The van der Waals surface area contributed by atoms with Crippen molar-refractivity contribution in [3.63, 3.8) is 0 Å². The van der Waals surface area contributed by atoms with Crippen LogP contribution < -0.4 is 10.5 Å². The zero-order chi connectivity index (χ0) is 14.8. The van der Waals surface area contributed by atoms with Crippen molar-refractivity contribution in [2.24, 2.45) is 5.73 Å². The van der Waals surface area contributed by atoms with Crippen LogP contribution in [0, 0.1) is 0 Å². The summed E-state index contributed by atoms with van der Waals surface area (Å²) in [7, 11) is 1.76. The zero-order valence-corrected chi connectivity index (χ0v) is 13.6. The smallest absolute Gasteiger partial charge is 0.126 e. The molecule has 0 atom stereocenters. The number of hydrogen-bond donors (Lipinski definition) is 1. The number of nitrogens with two attached hydrogens (primary N) is 1. The van der Waals surface area contributed by atoms with Crippen molar-refractivity contribution in [3.8, 4) is 5.75 Å². The van der Waals surface area contributed by atoms with E-state index in [1.807, 2.05) is 6.07 Å². The molecular formula is C17H26ClNO. The summed E-state index contributed by atoms with van der Waals surface area (Å²) < 4.78 is 5.76. The Labute approximate surface area is 127 Å². The highest BCUT2D eigenvalue weighted by Crippen LogP contribution is 2.46. The second kappa shape index (κ2) is 6.36. The van der Waals surface area contributed by atoms with E-state index in [4.69, 9.17) is 22.1 Å². The van der Waals surface area contributed by atoms with Crippen molar-refractivity contribution in [1.82, 2.24) is 0 Å². The van der Waals surface area contributed by atoms with Gasteiger partial charge in [0.1, 0.15) is 5.75 Å². The third kappa shape index (κ3) is 2.82. The van der Waals surface area contributed by atoms with Crippen LogP contribution in [0.1, 0.15) is 63.0 Å². The third-order valence-electron chi connectivity index (χ3n) is 4.68. The van der Waals surface area contributed by atoms with Crippen LogP contribution in [0.15, 0.2) is 12.1 Å². The SMILES string of the molecule is COc1c(C(C)C)cc(Cl)cc1C1(CN)CCCCC1. The van der Waals surface area contributed by atoms with Gasteiger partial charge in [0.05, 0.1) is 7.11 Å². The van der Waals surface area contributed by atoms with E-state index in [0.29, 0.717) is 12.5 Å². The first kappa shape index (κ1) is 15.7. The summed E-state index contributed by atoms with van der Waals surface area (Å²) in [5.74, 6) is 1.39. The van der Waals surface area contributed by atoms with Crippen LogP contribution in [-0.4, -0.2) is 13.7 Å². The highest BCUT2D eigenvalue weighted by Gasteiger charge is 2.36. The summed E-state index contributed by atoms with van der Waals surface area (Å²) in [6.45, 7) is 5.02. The third-order valence-corrected chi connectivity index (χ3v) is 4.90. The Morgan fingerprint density at radius 2 is 1.90 bits per heavy atom. The molecule has 2 nitrogen and oxygen atoms in total. The van der Waals surface area contributed by atoms with Gasteiger partial charge in [-0.25, -0.2) is 0 Å². The van der Waals surface area contributed by atoms with Crippen molar-refractivity contribution in [2.45, 2.75) is 57.3 Å². The molecule has 0 aliphatic heterocycles. The Hall–Kier alpha value is -0.730. The molecule has 1 saturated carbocycles. The van der Waals surface area contributed by atoms with Gasteiger partial charge >= 0.3 is 0 Å². The van der Waals surface area contributed by atoms with Crippen molar-refractivity contribution in [1.29, 1.82) is 0 Å². The summed E-state index contributed by atoms with van der Waals surface area (Å²) in [6, 6.07) is 4.10. The minimum absolute atomic E-state index is 0.0398. The van der Waals surface area contributed by atoms with Crippen LogP contribution in [0.3, 0.4) is 0 Å². The predicted octanol–water partition coefficient (Wildman–Crippen LogP) is 4.63. The van der Waals surface area contributed by atoms with Gasteiger partial charge in [-0.3, -0.25) is 0 Å². The van der Waals surface area contributed by atoms with Gasteiger partial charge in [0.2, 0.25) is 0 Å². The molecule has 3 heteroatoms. The predicted molar refractivity (Wildman–Crippen MR) is 85.9 cm³/mol. The summed E-state index contributed by atoms with van der Waals surface area (Å²) in [5, 5.41) is 0.794. The standard InChI is InChI=1S/C17H26ClNO/c1-12(2)14-9-13(18)10-15(16(14)20-3)17(11-19)7-5-4-6-8-17/h9-10,12H,4-8,11,19H2,1-3H3. The molecular weight excluding hydrogens is 270 g/mol. The Morgan fingerprint density at radius 1 is 1.25 bits per heavy atom. The van der Waals surface area contributed by atoms with E-state index in [0.717, 1.165) is 23.6 Å². The van der Waals surface area contributed by atoms with Gasteiger partial charge in [0.25, 0.3) is 0 Å². The van der Waals surface area contributed by atoms with Gasteiger partial charge in [-0.05, 0) is 36.5 Å². The van der Waals surface area contributed by atoms with Gasteiger partial charge < -0.3 is 10.5 Å². The number of rotatable bonds is 4. The average Bonchev–Trinajstić information content (AvgIpc) is 2.47. The molecule has 112 valence electrons. The molecule has 2 rings (SSSR count). The number of halogens is 1. The van der Waals surface area contributed by atoms with E-state index in [-0.39, 0.29) is 5.41 Å². The zero-order valence-electron chi connectivity index (χ0n) is 12.8. The van der Waals surface area contributed by atoms with E-state index in [9.17, 15) is 0 Å². The fourth-order valence-corrected chi connectivity index (χ4v) is 3.70. The fraction of sp³-hybridized carbons (Fsp3) is 0.647. The Morgan fingerprint density at radius 3 is 2.40 bits per heavy atom. The first-order valence-electron chi connectivity index (χ1n) is 7.62. The molecule has 0 spiro atoms. The van der Waals surface area contributed by atoms with E-state index in [1.54, 1.807) is 7.11 Å². The number of benzene rings is 1. The molecule has 1 aromatic rings. The lowest BCUT2D eigenvalue weighted by Gasteiger charge is -2.38. The molecule has 2 N–H and O–H groups in total. The van der Waals surface area contributed by atoms with Crippen molar-refractivity contribution < 1.29 is 4.74 Å².